The molecule has 53 valence electrons. The van der Waals surface area contributed by atoms with Crippen LogP contribution in [0.4, 0.5) is 0 Å². The zero-order chi connectivity index (χ0) is 6.97. The molecule has 0 bridgehead atoms. The summed E-state index contributed by atoms with van der Waals surface area (Å²) in [5.41, 5.74) is 6.82. The van der Waals surface area contributed by atoms with Gasteiger partial charge in [-0.15, -0.1) is 0 Å². The Balaban J connectivity index is 2.22. The zero-order valence-electron chi connectivity index (χ0n) is 5.76. The van der Waals surface area contributed by atoms with E-state index in [1.54, 1.807) is 11.8 Å². The van der Waals surface area contributed by atoms with Crippen molar-refractivity contribution >= 4 is 16.9 Å². The first-order valence-electron chi connectivity index (χ1n) is 3.60. The van der Waals surface area contributed by atoms with Crippen LogP contribution in [0.15, 0.2) is 10.6 Å². The molecule has 0 spiro atoms. The Labute approximate surface area is 64.6 Å². The van der Waals surface area contributed by atoms with Crippen LogP contribution in [0.2, 0.25) is 0 Å². The van der Waals surface area contributed by atoms with Crippen LogP contribution < -0.4 is 10.7 Å². The first kappa shape index (κ1) is 6.28. The summed E-state index contributed by atoms with van der Waals surface area (Å²) >= 11 is 1.66. The molecule has 0 aromatic heterocycles. The maximum absolute atomic E-state index is 5.57. The highest BCUT2D eigenvalue weighted by molar-refractivity contribution is 8.17. The minimum Gasteiger partial charge on any atom is -0.278 e. The van der Waals surface area contributed by atoms with E-state index in [4.69, 9.17) is 5.73 Å². The Hall–Kier alpha value is -0.440. The number of allylic oxidation sites excluding steroid dienone is 2. The highest BCUT2D eigenvalue weighted by atomic mass is 32.2. The summed E-state index contributed by atoms with van der Waals surface area (Å²) in [4.78, 5) is 5.67. The van der Waals surface area contributed by atoms with Crippen molar-refractivity contribution in [1.29, 1.82) is 0 Å². The van der Waals surface area contributed by atoms with Gasteiger partial charge in [0.05, 0.1) is 0 Å². The van der Waals surface area contributed by atoms with Gasteiger partial charge in [0.15, 0.2) is 5.70 Å². The van der Waals surface area contributed by atoms with Gasteiger partial charge in [0.2, 0.25) is 0 Å². The standard InChI is InChI=1S/C7H10N2S/c8-7-9-5-3-1-2-4-6(5)10-7/h1-4,8H2/q+1. The third kappa shape index (κ3) is 0.944. The van der Waals surface area contributed by atoms with E-state index >= 15 is 0 Å². The van der Waals surface area contributed by atoms with Crippen molar-refractivity contribution in [1.82, 2.24) is 4.99 Å². The summed E-state index contributed by atoms with van der Waals surface area (Å²) in [5, 5.41) is 0.743. The third-order valence-electron chi connectivity index (χ3n) is 1.86. The molecule has 2 N–H and O–H groups in total. The smallest absolute Gasteiger partial charge is 0.278 e. The number of aliphatic imine (C=N–C) groups is 1. The van der Waals surface area contributed by atoms with Gasteiger partial charge in [0, 0.05) is 23.1 Å². The Morgan fingerprint density at radius 3 is 2.90 bits per heavy atom. The molecule has 1 aliphatic heterocycles. The van der Waals surface area contributed by atoms with Gasteiger partial charge in [-0.2, -0.15) is 0 Å². The molecule has 10 heavy (non-hydrogen) atoms. The molecule has 2 rings (SSSR count). The minimum atomic E-state index is 0.743. The van der Waals surface area contributed by atoms with Crippen molar-refractivity contribution in [3.8, 4) is 0 Å². The van der Waals surface area contributed by atoms with Gasteiger partial charge < -0.3 is 0 Å². The average Bonchev–Trinajstić information content (AvgIpc) is 2.27. The molecule has 2 aliphatic rings. The molecule has 1 heterocycles. The zero-order valence-corrected chi connectivity index (χ0v) is 6.58. The number of rotatable bonds is 0. The highest BCUT2D eigenvalue weighted by Gasteiger charge is 2.26. The van der Waals surface area contributed by atoms with Gasteiger partial charge in [0.1, 0.15) is 0 Å². The van der Waals surface area contributed by atoms with Gasteiger partial charge in [-0.1, -0.05) is 0 Å². The lowest BCUT2D eigenvalue weighted by Crippen LogP contribution is -2.09. The third-order valence-corrected chi connectivity index (χ3v) is 2.85. The van der Waals surface area contributed by atoms with Gasteiger partial charge in [-0.25, -0.2) is 0 Å². The predicted octanol–water partition coefficient (Wildman–Crippen LogP) is 1.17. The van der Waals surface area contributed by atoms with Gasteiger partial charge in [-0.3, -0.25) is 5.73 Å². The van der Waals surface area contributed by atoms with Crippen LogP contribution in [0.1, 0.15) is 25.7 Å². The maximum atomic E-state index is 5.57. The molecule has 0 amide bonds. The Bertz CT molecular complexity index is 218. The largest absolute Gasteiger partial charge is 0.355 e. The first-order valence-corrected chi connectivity index (χ1v) is 4.42. The van der Waals surface area contributed by atoms with E-state index in [9.17, 15) is 0 Å². The van der Waals surface area contributed by atoms with Crippen LogP contribution >= 0.6 is 11.8 Å². The van der Waals surface area contributed by atoms with E-state index < -0.39 is 0 Å². The summed E-state index contributed by atoms with van der Waals surface area (Å²) < 4.78 is 0. The molecule has 0 fully saturated rings. The second-order valence-electron chi connectivity index (χ2n) is 2.63. The lowest BCUT2D eigenvalue weighted by atomic mass is 10.1. The van der Waals surface area contributed by atoms with Gasteiger partial charge in [0.25, 0.3) is 0 Å². The predicted molar refractivity (Wildman–Crippen MR) is 44.4 cm³/mol. The fourth-order valence-corrected chi connectivity index (χ4v) is 2.29. The molecule has 2 nitrogen and oxygen atoms in total. The van der Waals surface area contributed by atoms with E-state index in [-0.39, 0.29) is 0 Å². The molecular weight excluding hydrogens is 144 g/mol. The lowest BCUT2D eigenvalue weighted by Gasteiger charge is -2.05. The van der Waals surface area contributed by atoms with Gasteiger partial charge in [-0.05, 0) is 24.3 Å². The second-order valence-corrected chi connectivity index (χ2v) is 3.74. The maximum Gasteiger partial charge on any atom is 0.355 e. The quantitative estimate of drug-likeness (QED) is 0.569. The summed E-state index contributed by atoms with van der Waals surface area (Å²) in [6.45, 7) is 0. The molecule has 0 aromatic rings. The van der Waals surface area contributed by atoms with Crippen LogP contribution in [0, 0.1) is 0 Å². The van der Waals surface area contributed by atoms with Crippen molar-refractivity contribution in [2.75, 3.05) is 0 Å². The van der Waals surface area contributed by atoms with Crippen molar-refractivity contribution in [3.63, 3.8) is 0 Å². The van der Waals surface area contributed by atoms with Crippen molar-refractivity contribution in [2.45, 2.75) is 25.7 Å². The first-order chi connectivity index (χ1) is 4.86. The van der Waals surface area contributed by atoms with Crippen LogP contribution in [-0.2, 0) is 0 Å². The normalized spacial score (nSPS) is 24.6. The molecule has 0 unspecified atom stereocenters. The monoisotopic (exact) mass is 154 g/mol. The minimum absolute atomic E-state index is 0.743. The van der Waals surface area contributed by atoms with Crippen molar-refractivity contribution < 1.29 is 0 Å². The summed E-state index contributed by atoms with van der Waals surface area (Å²) in [6, 6.07) is 0. The number of amidine groups is 1. The fraction of sp³-hybridized carbons (Fsp3) is 0.571. The second kappa shape index (κ2) is 2.31. The van der Waals surface area contributed by atoms with Crippen LogP contribution in [-0.4, -0.2) is 5.17 Å². The molecule has 1 aliphatic carbocycles. The fourth-order valence-electron chi connectivity index (χ4n) is 1.37. The Morgan fingerprint density at radius 1 is 1.30 bits per heavy atom. The summed E-state index contributed by atoms with van der Waals surface area (Å²) in [5.74, 6) is 0. The molecule has 0 aromatic carbocycles. The molecule has 3 heteroatoms. The van der Waals surface area contributed by atoms with E-state index in [0.717, 1.165) is 11.6 Å². The van der Waals surface area contributed by atoms with Crippen LogP contribution in [0.3, 0.4) is 0 Å². The highest BCUT2D eigenvalue weighted by Crippen LogP contribution is 2.34. The molecule has 0 atom stereocenters. The average molecular weight is 154 g/mol. The molecular formula is C7H10N2S+. The van der Waals surface area contributed by atoms with E-state index in [2.05, 4.69) is 4.99 Å². The summed E-state index contributed by atoms with van der Waals surface area (Å²) in [6.07, 6.45) is 4.94. The topological polar surface area (TPSA) is 40.1 Å². The SMILES string of the molecule is NC1=[N+]C2=C(CCCC2)S1. The number of hydrogen-bond donors (Lipinski definition) is 1. The number of thioether (sulfide) groups is 1. The van der Waals surface area contributed by atoms with Gasteiger partial charge >= 0.3 is 5.17 Å². The van der Waals surface area contributed by atoms with E-state index in [1.165, 1.54) is 29.9 Å². The van der Waals surface area contributed by atoms with Crippen molar-refractivity contribution in [3.05, 3.63) is 10.6 Å². The lowest BCUT2D eigenvalue weighted by molar-refractivity contribution is 0.682. The molecule has 0 saturated heterocycles. The van der Waals surface area contributed by atoms with E-state index in [1.807, 2.05) is 0 Å². The van der Waals surface area contributed by atoms with Crippen molar-refractivity contribution in [2.24, 2.45) is 5.73 Å². The molecule has 0 saturated carbocycles. The van der Waals surface area contributed by atoms with Crippen LogP contribution in [0.5, 0.6) is 0 Å². The Kier molecular flexibility index (Phi) is 1.45. The Morgan fingerprint density at radius 2 is 2.10 bits per heavy atom. The number of hydrogen-bond acceptors (Lipinski definition) is 3. The van der Waals surface area contributed by atoms with E-state index in [0.29, 0.717) is 0 Å². The number of nitrogens with two attached hydrogens (primary N) is 1. The van der Waals surface area contributed by atoms with Crippen LogP contribution in [0.25, 0.3) is 0 Å². The summed E-state index contributed by atoms with van der Waals surface area (Å²) in [7, 11) is 0. The molecule has 1 radical (unpaired) electrons. The number of nitrogens with zero attached hydrogens (tertiary/aromatic N) is 1.